The molecule has 0 bridgehead atoms. The van der Waals surface area contributed by atoms with Crippen molar-refractivity contribution in [2.24, 2.45) is 0 Å². The maximum atomic E-state index is 9.27. The van der Waals surface area contributed by atoms with Gasteiger partial charge in [-0.1, -0.05) is 32.9 Å². The third kappa shape index (κ3) is 2.30. The molecule has 0 atom stereocenters. The number of rotatable bonds is 1. The number of nitrogen functional groups attached to an aromatic ring is 1. The predicted octanol–water partition coefficient (Wildman–Crippen LogP) is 4.05. The molecular weight excluding hydrogens is 246 g/mol. The number of nitrogens with two attached hydrogens (primary N) is 1. The molecule has 0 unspecified atom stereocenters. The molecule has 3 heteroatoms. The van der Waals surface area contributed by atoms with Gasteiger partial charge in [0, 0.05) is 11.8 Å². The summed E-state index contributed by atoms with van der Waals surface area (Å²) in [7, 11) is 0. The highest BCUT2D eigenvalue weighted by atomic mass is 14.8. The average Bonchev–Trinajstić information content (AvgIpc) is 2.68. The first-order valence-corrected chi connectivity index (χ1v) is 6.74. The lowest BCUT2D eigenvalue weighted by Crippen LogP contribution is -2.12. The van der Waals surface area contributed by atoms with E-state index in [1.165, 1.54) is 16.7 Å². The van der Waals surface area contributed by atoms with E-state index in [1.807, 2.05) is 6.20 Å². The first-order valence-electron chi connectivity index (χ1n) is 6.74. The quantitative estimate of drug-likeness (QED) is 0.818. The van der Waals surface area contributed by atoms with Gasteiger partial charge < -0.3 is 10.7 Å². The van der Waals surface area contributed by atoms with E-state index >= 15 is 0 Å². The second kappa shape index (κ2) is 4.72. The van der Waals surface area contributed by atoms with Gasteiger partial charge in [-0.3, -0.25) is 0 Å². The van der Waals surface area contributed by atoms with Gasteiger partial charge in [0.1, 0.15) is 17.5 Å². The van der Waals surface area contributed by atoms with Crippen LogP contribution in [0, 0.1) is 25.2 Å². The van der Waals surface area contributed by atoms with Crippen LogP contribution >= 0.6 is 0 Å². The molecule has 0 saturated carbocycles. The molecule has 0 radical (unpaired) electrons. The van der Waals surface area contributed by atoms with Crippen molar-refractivity contribution in [3.8, 4) is 17.2 Å². The molecule has 20 heavy (non-hydrogen) atoms. The Morgan fingerprint density at radius 1 is 1.15 bits per heavy atom. The van der Waals surface area contributed by atoms with E-state index in [2.05, 4.69) is 57.8 Å². The number of hydrogen-bond acceptors (Lipinski definition) is 2. The Kier molecular flexibility index (Phi) is 3.35. The Labute approximate surface area is 120 Å². The number of benzene rings is 1. The van der Waals surface area contributed by atoms with Gasteiger partial charge in [-0.2, -0.15) is 5.26 Å². The molecule has 104 valence electrons. The van der Waals surface area contributed by atoms with Gasteiger partial charge in [0.2, 0.25) is 0 Å². The maximum absolute atomic E-state index is 9.27. The topological polar surface area (TPSA) is 65.6 Å². The number of nitriles is 1. The van der Waals surface area contributed by atoms with Crippen molar-refractivity contribution < 1.29 is 0 Å². The summed E-state index contributed by atoms with van der Waals surface area (Å²) in [5.74, 6) is 0.432. The second-order valence-electron chi connectivity index (χ2n) is 6.34. The van der Waals surface area contributed by atoms with Crippen LogP contribution in [0.15, 0.2) is 18.3 Å². The van der Waals surface area contributed by atoms with Crippen LogP contribution in [0.1, 0.15) is 43.0 Å². The number of nitrogens with zero attached hydrogens (tertiary/aromatic N) is 1. The summed E-state index contributed by atoms with van der Waals surface area (Å²) in [5, 5.41) is 9.27. The van der Waals surface area contributed by atoms with Gasteiger partial charge in [0.05, 0.1) is 0 Å². The predicted molar refractivity (Wildman–Crippen MR) is 83.5 cm³/mol. The highest BCUT2D eigenvalue weighted by Gasteiger charge is 2.19. The molecule has 1 aromatic heterocycles. The molecule has 0 aliphatic carbocycles. The van der Waals surface area contributed by atoms with Crippen LogP contribution in [0.25, 0.3) is 11.1 Å². The second-order valence-corrected chi connectivity index (χ2v) is 6.34. The summed E-state index contributed by atoms with van der Waals surface area (Å²) < 4.78 is 0. The van der Waals surface area contributed by atoms with Crippen molar-refractivity contribution in [1.29, 1.82) is 5.26 Å². The Morgan fingerprint density at radius 3 is 2.15 bits per heavy atom. The van der Waals surface area contributed by atoms with Gasteiger partial charge in [0.25, 0.3) is 0 Å². The minimum Gasteiger partial charge on any atom is -0.384 e. The third-order valence-electron chi connectivity index (χ3n) is 3.69. The summed E-state index contributed by atoms with van der Waals surface area (Å²) in [6, 6.07) is 6.59. The lowest BCUT2D eigenvalue weighted by molar-refractivity contribution is 0.589. The summed E-state index contributed by atoms with van der Waals surface area (Å²) >= 11 is 0. The highest BCUT2D eigenvalue weighted by Crippen LogP contribution is 2.35. The molecule has 3 N–H and O–H groups in total. The highest BCUT2D eigenvalue weighted by molar-refractivity contribution is 5.80. The number of aryl methyl sites for hydroxylation is 2. The van der Waals surface area contributed by atoms with Crippen LogP contribution in [0.3, 0.4) is 0 Å². The summed E-state index contributed by atoms with van der Waals surface area (Å²) in [4.78, 5) is 2.94. The lowest BCUT2D eigenvalue weighted by atomic mass is 9.82. The monoisotopic (exact) mass is 267 g/mol. The van der Waals surface area contributed by atoms with Gasteiger partial charge in [-0.05, 0) is 41.5 Å². The molecule has 0 saturated heterocycles. The molecule has 2 rings (SSSR count). The fourth-order valence-corrected chi connectivity index (χ4v) is 2.58. The molecule has 0 amide bonds. The zero-order chi connectivity index (χ0) is 15.1. The molecule has 2 aromatic rings. The molecule has 1 heterocycles. The van der Waals surface area contributed by atoms with E-state index < -0.39 is 0 Å². The Morgan fingerprint density at radius 2 is 1.70 bits per heavy atom. The lowest BCUT2D eigenvalue weighted by Gasteiger charge is -2.22. The SMILES string of the molecule is Cc1cc(C(C)(C)C)cc(C)c1-c1c[nH]c(N)c1C#N. The van der Waals surface area contributed by atoms with Crippen molar-refractivity contribution in [3.63, 3.8) is 0 Å². The summed E-state index contributed by atoms with van der Waals surface area (Å²) in [5.41, 5.74) is 12.1. The zero-order valence-electron chi connectivity index (χ0n) is 12.8. The number of anilines is 1. The number of nitrogens with one attached hydrogen (secondary N) is 1. The van der Waals surface area contributed by atoms with E-state index in [0.717, 1.165) is 11.1 Å². The summed E-state index contributed by atoms with van der Waals surface area (Å²) in [6.45, 7) is 10.8. The van der Waals surface area contributed by atoms with Crippen molar-refractivity contribution in [2.45, 2.75) is 40.0 Å². The molecule has 0 aliphatic heterocycles. The Hall–Kier alpha value is -2.21. The summed E-state index contributed by atoms with van der Waals surface area (Å²) in [6.07, 6.45) is 1.82. The largest absolute Gasteiger partial charge is 0.384 e. The van der Waals surface area contributed by atoms with E-state index in [1.54, 1.807) is 0 Å². The fourth-order valence-electron chi connectivity index (χ4n) is 2.58. The van der Waals surface area contributed by atoms with Crippen molar-refractivity contribution in [2.75, 3.05) is 5.73 Å². The number of H-pyrrole nitrogens is 1. The zero-order valence-corrected chi connectivity index (χ0v) is 12.8. The van der Waals surface area contributed by atoms with Crippen LogP contribution in [-0.2, 0) is 5.41 Å². The van der Waals surface area contributed by atoms with E-state index in [0.29, 0.717) is 11.4 Å². The fraction of sp³-hybridized carbons (Fsp3) is 0.353. The normalized spacial score (nSPS) is 11.4. The number of hydrogen-bond donors (Lipinski definition) is 2. The van der Waals surface area contributed by atoms with Gasteiger partial charge in [-0.15, -0.1) is 0 Å². The molecule has 3 nitrogen and oxygen atoms in total. The van der Waals surface area contributed by atoms with E-state index in [4.69, 9.17) is 5.73 Å². The van der Waals surface area contributed by atoms with Crippen molar-refractivity contribution in [1.82, 2.24) is 4.98 Å². The van der Waals surface area contributed by atoms with Gasteiger partial charge in [-0.25, -0.2) is 0 Å². The Balaban J connectivity index is 2.68. The van der Waals surface area contributed by atoms with Crippen LogP contribution < -0.4 is 5.73 Å². The van der Waals surface area contributed by atoms with Gasteiger partial charge >= 0.3 is 0 Å². The molecule has 0 fully saturated rings. The van der Waals surface area contributed by atoms with Crippen LogP contribution in [-0.4, -0.2) is 4.98 Å². The van der Waals surface area contributed by atoms with Crippen molar-refractivity contribution in [3.05, 3.63) is 40.6 Å². The van der Waals surface area contributed by atoms with Crippen LogP contribution in [0.2, 0.25) is 0 Å². The molecule has 0 aliphatic rings. The number of aromatic amines is 1. The Bertz CT molecular complexity index is 671. The molecular formula is C17H21N3. The third-order valence-corrected chi connectivity index (χ3v) is 3.69. The van der Waals surface area contributed by atoms with Crippen LogP contribution in [0.4, 0.5) is 5.82 Å². The minimum absolute atomic E-state index is 0.114. The molecule has 0 spiro atoms. The van der Waals surface area contributed by atoms with E-state index in [-0.39, 0.29) is 5.41 Å². The first-order chi connectivity index (χ1) is 9.25. The van der Waals surface area contributed by atoms with Gasteiger partial charge in [0.15, 0.2) is 0 Å². The minimum atomic E-state index is 0.114. The van der Waals surface area contributed by atoms with Crippen molar-refractivity contribution >= 4 is 5.82 Å². The molecule has 1 aromatic carbocycles. The average molecular weight is 267 g/mol. The maximum Gasteiger partial charge on any atom is 0.119 e. The van der Waals surface area contributed by atoms with Crippen LogP contribution in [0.5, 0.6) is 0 Å². The smallest absolute Gasteiger partial charge is 0.119 e. The first kappa shape index (κ1) is 14.2. The number of aromatic nitrogens is 1. The van der Waals surface area contributed by atoms with E-state index in [9.17, 15) is 5.26 Å². The standard InChI is InChI=1S/C17H21N3/c1-10-6-12(17(3,4)5)7-11(2)15(10)14-9-20-16(19)13(14)8-18/h6-7,9,20H,19H2,1-5H3.